The summed E-state index contributed by atoms with van der Waals surface area (Å²) in [5.74, 6) is 1.76. The number of amides is 2. The Morgan fingerprint density at radius 2 is 2.13 bits per heavy atom. The zero-order valence-corrected chi connectivity index (χ0v) is 13.7. The molecule has 2 aliphatic heterocycles. The van der Waals surface area contributed by atoms with Crippen molar-refractivity contribution in [3.8, 4) is 11.5 Å². The van der Waals surface area contributed by atoms with Gasteiger partial charge in [0.05, 0.1) is 17.5 Å². The summed E-state index contributed by atoms with van der Waals surface area (Å²) in [4.78, 5) is 12.0. The van der Waals surface area contributed by atoms with Crippen LogP contribution < -0.4 is 20.1 Å². The van der Waals surface area contributed by atoms with E-state index in [9.17, 15) is 13.2 Å². The third-order valence-corrected chi connectivity index (χ3v) is 5.96. The highest BCUT2D eigenvalue weighted by Crippen LogP contribution is 2.34. The van der Waals surface area contributed by atoms with E-state index in [-0.39, 0.29) is 36.3 Å². The van der Waals surface area contributed by atoms with Gasteiger partial charge in [0.2, 0.25) is 6.79 Å². The molecule has 2 atom stereocenters. The number of carbonyl (C=O) groups excluding carboxylic acids is 1. The van der Waals surface area contributed by atoms with E-state index < -0.39 is 9.84 Å². The van der Waals surface area contributed by atoms with Crippen molar-refractivity contribution < 1.29 is 22.7 Å². The molecule has 2 heterocycles. The van der Waals surface area contributed by atoms with E-state index in [1.54, 1.807) is 0 Å². The SMILES string of the molecule is C[C@@H](NC(=O)NC[C@@H]1CCS(=O)(=O)C1)c1ccc2c(c1)OCO2. The van der Waals surface area contributed by atoms with Gasteiger partial charge in [0.1, 0.15) is 0 Å². The smallest absolute Gasteiger partial charge is 0.315 e. The van der Waals surface area contributed by atoms with E-state index in [2.05, 4.69) is 10.6 Å². The van der Waals surface area contributed by atoms with Crippen molar-refractivity contribution in [3.63, 3.8) is 0 Å². The maximum absolute atomic E-state index is 12.0. The Kier molecular flexibility index (Phi) is 4.34. The fourth-order valence-electron chi connectivity index (χ4n) is 2.78. The number of ether oxygens (including phenoxy) is 2. The Bertz CT molecular complexity index is 704. The first-order valence-corrected chi connectivity index (χ1v) is 9.39. The van der Waals surface area contributed by atoms with Crippen molar-refractivity contribution in [2.75, 3.05) is 24.8 Å². The normalized spacial score (nSPS) is 22.6. The summed E-state index contributed by atoms with van der Waals surface area (Å²) in [6.07, 6.45) is 0.611. The van der Waals surface area contributed by atoms with Gasteiger partial charge in [-0.25, -0.2) is 13.2 Å². The van der Waals surface area contributed by atoms with E-state index in [1.807, 2.05) is 25.1 Å². The summed E-state index contributed by atoms with van der Waals surface area (Å²) in [6, 6.07) is 5.03. The molecular weight excluding hydrogens is 320 g/mol. The van der Waals surface area contributed by atoms with Crippen molar-refractivity contribution in [2.24, 2.45) is 5.92 Å². The minimum Gasteiger partial charge on any atom is -0.454 e. The van der Waals surface area contributed by atoms with Crippen LogP contribution in [0.2, 0.25) is 0 Å². The second-order valence-electron chi connectivity index (χ2n) is 5.96. The molecule has 1 saturated heterocycles. The number of carbonyl (C=O) groups is 1. The number of rotatable bonds is 4. The molecule has 0 bridgehead atoms. The quantitative estimate of drug-likeness (QED) is 0.859. The van der Waals surface area contributed by atoms with Gasteiger partial charge < -0.3 is 20.1 Å². The summed E-state index contributed by atoms with van der Waals surface area (Å²) < 4.78 is 33.4. The number of sulfone groups is 1. The van der Waals surface area contributed by atoms with Crippen LogP contribution in [0.15, 0.2) is 18.2 Å². The Morgan fingerprint density at radius 3 is 2.87 bits per heavy atom. The molecule has 1 aromatic carbocycles. The maximum atomic E-state index is 12.0. The molecule has 0 aliphatic carbocycles. The molecule has 2 N–H and O–H groups in total. The molecule has 3 rings (SSSR count). The first kappa shape index (κ1) is 15.9. The molecule has 1 aromatic rings. The van der Waals surface area contributed by atoms with Crippen molar-refractivity contribution in [3.05, 3.63) is 23.8 Å². The molecule has 2 aliphatic rings. The summed E-state index contributed by atoms with van der Waals surface area (Å²) in [6.45, 7) is 2.46. The molecular formula is C15H20N2O5S. The topological polar surface area (TPSA) is 93.7 Å². The molecule has 2 amide bonds. The molecule has 1 fully saturated rings. The number of hydrogen-bond acceptors (Lipinski definition) is 5. The number of nitrogens with one attached hydrogen (secondary N) is 2. The summed E-state index contributed by atoms with van der Waals surface area (Å²) >= 11 is 0. The molecule has 7 nitrogen and oxygen atoms in total. The van der Waals surface area contributed by atoms with Crippen LogP contribution in [0.5, 0.6) is 11.5 Å². The third kappa shape index (κ3) is 3.87. The van der Waals surface area contributed by atoms with Gasteiger partial charge in [-0.3, -0.25) is 0 Å². The molecule has 8 heteroatoms. The van der Waals surface area contributed by atoms with Crippen molar-refractivity contribution in [1.29, 1.82) is 0 Å². The lowest BCUT2D eigenvalue weighted by Gasteiger charge is -2.16. The Hall–Kier alpha value is -1.96. The highest BCUT2D eigenvalue weighted by molar-refractivity contribution is 7.91. The first-order chi connectivity index (χ1) is 10.9. The minimum absolute atomic E-state index is 0.00611. The van der Waals surface area contributed by atoms with Crippen LogP contribution in [0, 0.1) is 5.92 Å². The lowest BCUT2D eigenvalue weighted by atomic mass is 10.1. The van der Waals surface area contributed by atoms with Gasteiger partial charge in [-0.05, 0) is 37.0 Å². The van der Waals surface area contributed by atoms with E-state index in [0.29, 0.717) is 24.5 Å². The number of hydrogen-bond donors (Lipinski definition) is 2. The molecule has 0 spiro atoms. The maximum Gasteiger partial charge on any atom is 0.315 e. The molecule has 0 radical (unpaired) electrons. The average Bonchev–Trinajstić information content (AvgIpc) is 3.10. The number of benzene rings is 1. The standard InChI is InChI=1S/C15H20N2O5S/c1-10(12-2-3-13-14(6-12)22-9-21-13)17-15(18)16-7-11-4-5-23(19,20)8-11/h2-3,6,10-11H,4-5,7-9H2,1H3,(H2,16,17,18)/t10-,11+/m1/s1. The summed E-state index contributed by atoms with van der Waals surface area (Å²) in [7, 11) is -2.91. The third-order valence-electron chi connectivity index (χ3n) is 4.12. The zero-order valence-electron chi connectivity index (χ0n) is 12.9. The molecule has 23 heavy (non-hydrogen) atoms. The highest BCUT2D eigenvalue weighted by atomic mass is 32.2. The van der Waals surface area contributed by atoms with Crippen molar-refractivity contribution in [1.82, 2.24) is 10.6 Å². The number of urea groups is 1. The van der Waals surface area contributed by atoms with E-state index in [1.165, 1.54) is 0 Å². The van der Waals surface area contributed by atoms with Gasteiger partial charge in [-0.15, -0.1) is 0 Å². The van der Waals surface area contributed by atoms with Crippen LogP contribution in [-0.2, 0) is 9.84 Å². The van der Waals surface area contributed by atoms with Crippen LogP contribution in [0.3, 0.4) is 0 Å². The second kappa shape index (κ2) is 6.27. The van der Waals surface area contributed by atoms with Gasteiger partial charge in [-0.1, -0.05) is 6.07 Å². The van der Waals surface area contributed by atoms with Gasteiger partial charge in [0.15, 0.2) is 21.3 Å². The minimum atomic E-state index is -2.91. The van der Waals surface area contributed by atoms with E-state index >= 15 is 0 Å². The van der Waals surface area contributed by atoms with Crippen molar-refractivity contribution in [2.45, 2.75) is 19.4 Å². The van der Waals surface area contributed by atoms with Gasteiger partial charge >= 0.3 is 6.03 Å². The van der Waals surface area contributed by atoms with E-state index in [4.69, 9.17) is 9.47 Å². The highest BCUT2D eigenvalue weighted by Gasteiger charge is 2.28. The van der Waals surface area contributed by atoms with Crippen LogP contribution in [0.1, 0.15) is 24.9 Å². The fraction of sp³-hybridized carbons (Fsp3) is 0.533. The molecule has 0 saturated carbocycles. The molecule has 0 aromatic heterocycles. The lowest BCUT2D eigenvalue weighted by molar-refractivity contribution is 0.174. The van der Waals surface area contributed by atoms with Crippen LogP contribution in [0.25, 0.3) is 0 Å². The van der Waals surface area contributed by atoms with Gasteiger partial charge in [0.25, 0.3) is 0 Å². The predicted octanol–water partition coefficient (Wildman–Crippen LogP) is 1.21. The Balaban J connectivity index is 1.49. The van der Waals surface area contributed by atoms with E-state index in [0.717, 1.165) is 5.56 Å². The predicted molar refractivity (Wildman–Crippen MR) is 84.3 cm³/mol. The monoisotopic (exact) mass is 340 g/mol. The largest absolute Gasteiger partial charge is 0.454 e. The fourth-order valence-corrected chi connectivity index (χ4v) is 4.65. The van der Waals surface area contributed by atoms with Gasteiger partial charge in [0, 0.05) is 6.54 Å². The first-order valence-electron chi connectivity index (χ1n) is 7.57. The summed E-state index contributed by atoms with van der Waals surface area (Å²) in [5, 5.41) is 5.58. The van der Waals surface area contributed by atoms with Gasteiger partial charge in [-0.2, -0.15) is 0 Å². The number of fused-ring (bicyclic) bond motifs is 1. The Morgan fingerprint density at radius 1 is 1.35 bits per heavy atom. The molecule has 0 unspecified atom stereocenters. The van der Waals surface area contributed by atoms with Crippen LogP contribution in [-0.4, -0.2) is 39.3 Å². The summed E-state index contributed by atoms with van der Waals surface area (Å²) in [5.41, 5.74) is 0.910. The molecule has 126 valence electrons. The lowest BCUT2D eigenvalue weighted by Crippen LogP contribution is -2.39. The van der Waals surface area contributed by atoms with Crippen LogP contribution >= 0.6 is 0 Å². The average molecular weight is 340 g/mol. The Labute approximate surface area is 135 Å². The second-order valence-corrected chi connectivity index (χ2v) is 8.19. The zero-order chi connectivity index (χ0) is 16.4. The van der Waals surface area contributed by atoms with Crippen molar-refractivity contribution >= 4 is 15.9 Å². The van der Waals surface area contributed by atoms with Crippen LogP contribution in [0.4, 0.5) is 4.79 Å².